The van der Waals surface area contributed by atoms with E-state index >= 15 is 0 Å². The minimum Gasteiger partial charge on any atom is -0.312 e. The van der Waals surface area contributed by atoms with E-state index < -0.39 is 34.8 Å². The second-order valence-corrected chi connectivity index (χ2v) is 5.90. The molecule has 0 spiro atoms. The molecule has 0 radical (unpaired) electrons. The van der Waals surface area contributed by atoms with Crippen LogP contribution in [0.25, 0.3) is 0 Å². The Hall–Kier alpha value is -2.84. The van der Waals surface area contributed by atoms with Crippen molar-refractivity contribution in [3.8, 4) is 0 Å². The summed E-state index contributed by atoms with van der Waals surface area (Å²) < 4.78 is 40.9. The number of aromatic nitrogens is 2. The van der Waals surface area contributed by atoms with Crippen LogP contribution in [0.2, 0.25) is 0 Å². The highest BCUT2D eigenvalue weighted by molar-refractivity contribution is 5.94. The molecule has 25 heavy (non-hydrogen) atoms. The van der Waals surface area contributed by atoms with Crippen molar-refractivity contribution in [1.82, 2.24) is 9.13 Å². The second-order valence-electron chi connectivity index (χ2n) is 5.90. The first-order valence-electron chi connectivity index (χ1n) is 7.38. The molecule has 1 unspecified atom stereocenters. The van der Waals surface area contributed by atoms with E-state index in [9.17, 15) is 27.6 Å². The van der Waals surface area contributed by atoms with Gasteiger partial charge in [0.1, 0.15) is 5.82 Å². The topological polar surface area (TPSA) is 73.1 Å². The summed E-state index contributed by atoms with van der Waals surface area (Å²) in [6, 6.07) is 4.52. The van der Waals surface area contributed by atoms with Gasteiger partial charge in [0.2, 0.25) is 5.91 Å². The largest absolute Gasteiger partial charge is 0.416 e. The highest BCUT2D eigenvalue weighted by Gasteiger charge is 2.35. The number of rotatable bonds is 1. The van der Waals surface area contributed by atoms with Gasteiger partial charge in [-0.2, -0.15) is 13.2 Å². The molecule has 6 nitrogen and oxygen atoms in total. The molecule has 0 saturated carbocycles. The van der Waals surface area contributed by atoms with Crippen molar-refractivity contribution in [3.63, 3.8) is 0 Å². The van der Waals surface area contributed by atoms with Crippen molar-refractivity contribution in [2.75, 3.05) is 5.32 Å². The first kappa shape index (κ1) is 17.0. The summed E-state index contributed by atoms with van der Waals surface area (Å²) in [6.07, 6.45) is -4.72. The maximum atomic E-state index is 13.0. The van der Waals surface area contributed by atoms with Gasteiger partial charge in [0.15, 0.2) is 0 Å². The number of benzene rings is 1. The number of alkyl halides is 3. The Balaban J connectivity index is 2.27. The summed E-state index contributed by atoms with van der Waals surface area (Å²) in [5.41, 5.74) is -1.83. The van der Waals surface area contributed by atoms with Crippen molar-refractivity contribution < 1.29 is 18.0 Å². The molecule has 0 saturated heterocycles. The highest BCUT2D eigenvalue weighted by Crippen LogP contribution is 2.37. The summed E-state index contributed by atoms with van der Waals surface area (Å²) in [6.45, 7) is 0. The standard InChI is InChI=1S/C16H14F3N3O3/c1-21-13-12(14(24)22(2)15(21)25)10(7-11(23)20-13)8-4-3-5-9(6-8)16(17,18)19/h3-6,10H,7H2,1-2H3,(H,20,23). The number of hydrogen-bond donors (Lipinski definition) is 1. The predicted octanol–water partition coefficient (Wildman–Crippen LogP) is 1.58. The lowest BCUT2D eigenvalue weighted by Gasteiger charge is -2.27. The fourth-order valence-corrected chi connectivity index (χ4v) is 3.02. The number of fused-ring (bicyclic) bond motifs is 1. The van der Waals surface area contributed by atoms with Gasteiger partial charge in [-0.1, -0.05) is 18.2 Å². The molecule has 3 rings (SSSR count). The quantitative estimate of drug-likeness (QED) is 0.846. The Kier molecular flexibility index (Phi) is 3.81. The van der Waals surface area contributed by atoms with Gasteiger partial charge in [-0.05, 0) is 11.6 Å². The van der Waals surface area contributed by atoms with E-state index in [-0.39, 0.29) is 23.4 Å². The number of nitrogens with one attached hydrogen (secondary N) is 1. The molecule has 1 aliphatic rings. The van der Waals surface area contributed by atoms with E-state index in [1.807, 2.05) is 0 Å². The van der Waals surface area contributed by atoms with Gasteiger partial charge in [-0.3, -0.25) is 18.7 Å². The summed E-state index contributed by atoms with van der Waals surface area (Å²) in [4.78, 5) is 36.6. The molecule has 1 aromatic heterocycles. The number of amides is 1. The lowest BCUT2D eigenvalue weighted by Crippen LogP contribution is -2.44. The van der Waals surface area contributed by atoms with E-state index in [0.717, 1.165) is 21.3 Å². The SMILES string of the molecule is Cn1c2c(c(=O)n(C)c1=O)C(c1cccc(C(F)(F)F)c1)CC(=O)N2. The van der Waals surface area contributed by atoms with Crippen molar-refractivity contribution in [3.05, 3.63) is 61.8 Å². The molecular formula is C16H14F3N3O3. The molecule has 0 fully saturated rings. The van der Waals surface area contributed by atoms with Crippen LogP contribution in [-0.2, 0) is 25.1 Å². The van der Waals surface area contributed by atoms with Gasteiger partial charge >= 0.3 is 11.9 Å². The highest BCUT2D eigenvalue weighted by atomic mass is 19.4. The molecule has 1 amide bonds. The van der Waals surface area contributed by atoms with Crippen molar-refractivity contribution in [1.29, 1.82) is 0 Å². The molecular weight excluding hydrogens is 339 g/mol. The summed E-state index contributed by atoms with van der Waals surface area (Å²) >= 11 is 0. The molecule has 0 aliphatic carbocycles. The Morgan fingerprint density at radius 3 is 2.44 bits per heavy atom. The van der Waals surface area contributed by atoms with E-state index in [4.69, 9.17) is 0 Å². The summed E-state index contributed by atoms with van der Waals surface area (Å²) in [5.74, 6) is -1.32. The third-order valence-corrected chi connectivity index (χ3v) is 4.31. The van der Waals surface area contributed by atoms with Crippen molar-refractivity contribution in [2.24, 2.45) is 14.1 Å². The van der Waals surface area contributed by atoms with Crippen LogP contribution < -0.4 is 16.6 Å². The average Bonchev–Trinajstić information content (AvgIpc) is 2.56. The molecule has 1 atom stereocenters. The molecule has 9 heteroatoms. The number of carbonyl (C=O) groups excluding carboxylic acids is 1. The van der Waals surface area contributed by atoms with Crippen molar-refractivity contribution >= 4 is 11.7 Å². The van der Waals surface area contributed by atoms with Gasteiger partial charge in [-0.15, -0.1) is 0 Å². The molecule has 1 aliphatic heterocycles. The molecule has 132 valence electrons. The van der Waals surface area contributed by atoms with Crippen LogP contribution in [0.15, 0.2) is 33.9 Å². The maximum absolute atomic E-state index is 13.0. The molecule has 2 aromatic rings. The first-order valence-corrected chi connectivity index (χ1v) is 7.38. The smallest absolute Gasteiger partial charge is 0.312 e. The van der Waals surface area contributed by atoms with Gasteiger partial charge in [0, 0.05) is 26.4 Å². The van der Waals surface area contributed by atoms with Gasteiger partial charge in [-0.25, -0.2) is 4.79 Å². The van der Waals surface area contributed by atoms with Crippen LogP contribution >= 0.6 is 0 Å². The lowest BCUT2D eigenvalue weighted by molar-refractivity contribution is -0.137. The normalized spacial score (nSPS) is 17.2. The van der Waals surface area contributed by atoms with Crippen molar-refractivity contribution in [2.45, 2.75) is 18.5 Å². The minimum atomic E-state index is -4.54. The van der Waals surface area contributed by atoms with Crippen LogP contribution in [0.5, 0.6) is 0 Å². The van der Waals surface area contributed by atoms with E-state index in [1.54, 1.807) is 0 Å². The zero-order valence-electron chi connectivity index (χ0n) is 13.3. The van der Waals surface area contributed by atoms with Gasteiger partial charge in [0.25, 0.3) is 5.56 Å². The molecule has 0 bridgehead atoms. The molecule has 1 N–H and O–H groups in total. The fourth-order valence-electron chi connectivity index (χ4n) is 3.02. The molecule has 1 aromatic carbocycles. The Labute approximate surface area is 139 Å². The Bertz CT molecular complexity index is 989. The zero-order chi connectivity index (χ0) is 18.5. The van der Waals surface area contributed by atoms with Gasteiger partial charge < -0.3 is 5.32 Å². The Morgan fingerprint density at radius 2 is 1.80 bits per heavy atom. The summed E-state index contributed by atoms with van der Waals surface area (Å²) in [7, 11) is 2.67. The third-order valence-electron chi connectivity index (χ3n) is 4.31. The minimum absolute atomic E-state index is 0.0201. The molecule has 2 heterocycles. The van der Waals surface area contributed by atoms with Gasteiger partial charge in [0.05, 0.1) is 11.1 Å². The van der Waals surface area contributed by atoms with Crippen LogP contribution in [-0.4, -0.2) is 15.0 Å². The third kappa shape index (κ3) is 2.75. The monoisotopic (exact) mass is 353 g/mol. The zero-order valence-corrected chi connectivity index (χ0v) is 13.3. The average molecular weight is 353 g/mol. The number of anilines is 1. The maximum Gasteiger partial charge on any atom is 0.416 e. The fraction of sp³-hybridized carbons (Fsp3) is 0.312. The van der Waals surface area contributed by atoms with E-state index in [0.29, 0.717) is 0 Å². The van der Waals surface area contributed by atoms with Crippen LogP contribution in [0.3, 0.4) is 0 Å². The number of carbonyl (C=O) groups is 1. The van der Waals surface area contributed by atoms with Crippen LogP contribution in [0.1, 0.15) is 29.0 Å². The van der Waals surface area contributed by atoms with E-state index in [2.05, 4.69) is 5.32 Å². The van der Waals surface area contributed by atoms with Crippen LogP contribution in [0.4, 0.5) is 19.0 Å². The second kappa shape index (κ2) is 5.61. The predicted molar refractivity (Wildman–Crippen MR) is 83.5 cm³/mol. The van der Waals surface area contributed by atoms with Crippen LogP contribution in [0, 0.1) is 0 Å². The number of halogens is 3. The number of hydrogen-bond acceptors (Lipinski definition) is 3. The summed E-state index contributed by atoms with van der Waals surface area (Å²) in [5, 5.41) is 2.47. The Morgan fingerprint density at radius 1 is 1.12 bits per heavy atom. The number of nitrogens with zero attached hydrogens (tertiary/aromatic N) is 2. The lowest BCUT2D eigenvalue weighted by atomic mass is 9.86. The first-order chi connectivity index (χ1) is 11.6. The van der Waals surface area contributed by atoms with E-state index in [1.165, 1.54) is 26.2 Å².